The van der Waals surface area contributed by atoms with Crippen LogP contribution in [0.4, 0.5) is 4.39 Å². The number of hydrogen-bond donors (Lipinski definition) is 1. The summed E-state index contributed by atoms with van der Waals surface area (Å²) in [5.74, 6) is -0.469. The van der Waals surface area contributed by atoms with Crippen molar-refractivity contribution in [2.24, 2.45) is 0 Å². The molecular weight excluding hydrogens is 455 g/mol. The quantitative estimate of drug-likeness (QED) is 0.417. The zero-order valence-corrected chi connectivity index (χ0v) is 19.8. The van der Waals surface area contributed by atoms with E-state index in [1.54, 1.807) is 36.4 Å². The molecule has 34 heavy (non-hydrogen) atoms. The molecular formula is C27H28ClFN2O3. The second kappa shape index (κ2) is 12.8. The summed E-state index contributed by atoms with van der Waals surface area (Å²) in [7, 11) is 0. The third kappa shape index (κ3) is 7.59. The summed E-state index contributed by atoms with van der Waals surface area (Å²) >= 11 is 5.92. The molecule has 3 rings (SSSR count). The Bertz CT molecular complexity index is 1060. The first-order valence-electron chi connectivity index (χ1n) is 11.2. The van der Waals surface area contributed by atoms with Crippen LogP contribution in [0.25, 0.3) is 0 Å². The Kier molecular flexibility index (Phi) is 9.47. The average molecular weight is 483 g/mol. The third-order valence-corrected chi connectivity index (χ3v) is 5.51. The zero-order chi connectivity index (χ0) is 24.3. The van der Waals surface area contributed by atoms with Gasteiger partial charge in [0, 0.05) is 24.5 Å². The maximum absolute atomic E-state index is 13.5. The molecule has 1 atom stereocenters. The van der Waals surface area contributed by atoms with Gasteiger partial charge in [0.25, 0.3) is 5.91 Å². The number of nitrogens with one attached hydrogen (secondary N) is 1. The molecule has 2 amide bonds. The van der Waals surface area contributed by atoms with Gasteiger partial charge in [0.1, 0.15) is 17.6 Å². The number of hydrogen-bond acceptors (Lipinski definition) is 3. The Morgan fingerprint density at radius 1 is 0.971 bits per heavy atom. The first-order valence-corrected chi connectivity index (χ1v) is 11.6. The predicted octanol–water partition coefficient (Wildman–Crippen LogP) is 5.02. The molecule has 0 bridgehead atoms. The number of rotatable bonds is 11. The van der Waals surface area contributed by atoms with Crippen molar-refractivity contribution in [2.45, 2.75) is 32.4 Å². The lowest BCUT2D eigenvalue weighted by atomic mass is 10.0. The monoisotopic (exact) mass is 482 g/mol. The van der Waals surface area contributed by atoms with E-state index in [9.17, 15) is 14.0 Å². The van der Waals surface area contributed by atoms with Gasteiger partial charge in [0.05, 0.1) is 0 Å². The molecule has 0 unspecified atom stereocenters. The zero-order valence-electron chi connectivity index (χ0n) is 19.0. The van der Waals surface area contributed by atoms with Crippen molar-refractivity contribution in [2.75, 3.05) is 13.2 Å². The van der Waals surface area contributed by atoms with Gasteiger partial charge < -0.3 is 15.0 Å². The fraction of sp³-hybridized carbons (Fsp3) is 0.259. The number of halogens is 2. The van der Waals surface area contributed by atoms with E-state index in [0.29, 0.717) is 29.3 Å². The Hall–Kier alpha value is -3.38. The summed E-state index contributed by atoms with van der Waals surface area (Å²) in [4.78, 5) is 28.1. The lowest BCUT2D eigenvalue weighted by molar-refractivity contribution is -0.142. The Morgan fingerprint density at radius 3 is 2.29 bits per heavy atom. The molecule has 7 heteroatoms. The summed E-state index contributed by atoms with van der Waals surface area (Å²) < 4.78 is 19.1. The van der Waals surface area contributed by atoms with E-state index in [-0.39, 0.29) is 30.8 Å². The van der Waals surface area contributed by atoms with Gasteiger partial charge in [-0.2, -0.15) is 0 Å². The minimum atomic E-state index is -0.764. The first kappa shape index (κ1) is 25.2. The Balaban J connectivity index is 1.87. The number of ether oxygens (including phenoxy) is 1. The van der Waals surface area contributed by atoms with Gasteiger partial charge in [-0.1, -0.05) is 61.0 Å². The minimum absolute atomic E-state index is 0.139. The second-order valence-corrected chi connectivity index (χ2v) is 8.32. The van der Waals surface area contributed by atoms with Crippen molar-refractivity contribution in [3.8, 4) is 5.75 Å². The average Bonchev–Trinajstić information content (AvgIpc) is 2.86. The molecule has 0 aliphatic heterocycles. The minimum Gasteiger partial charge on any atom is -0.484 e. The Morgan fingerprint density at radius 2 is 1.65 bits per heavy atom. The van der Waals surface area contributed by atoms with Gasteiger partial charge in [-0.3, -0.25) is 9.59 Å². The molecule has 0 aliphatic rings. The van der Waals surface area contributed by atoms with Crippen LogP contribution in [0.3, 0.4) is 0 Å². The predicted molar refractivity (Wildman–Crippen MR) is 131 cm³/mol. The fourth-order valence-corrected chi connectivity index (χ4v) is 3.59. The van der Waals surface area contributed by atoms with Gasteiger partial charge in [-0.15, -0.1) is 0 Å². The second-order valence-electron chi connectivity index (χ2n) is 7.89. The summed E-state index contributed by atoms with van der Waals surface area (Å²) in [5, 5.41) is 3.48. The summed E-state index contributed by atoms with van der Waals surface area (Å²) in [6.45, 7) is 2.35. The van der Waals surface area contributed by atoms with E-state index >= 15 is 0 Å². The molecule has 0 heterocycles. The molecule has 3 aromatic carbocycles. The SMILES string of the molecule is CCCNC(=O)[C@H](Cc1ccccc1)N(Cc1ccc(F)cc1)C(=O)COc1ccc(Cl)cc1. The Labute approximate surface area is 204 Å². The molecule has 0 spiro atoms. The van der Waals surface area contributed by atoms with Crippen LogP contribution < -0.4 is 10.1 Å². The molecule has 0 saturated heterocycles. The van der Waals surface area contributed by atoms with E-state index in [4.69, 9.17) is 16.3 Å². The van der Waals surface area contributed by atoms with Crippen molar-refractivity contribution < 1.29 is 18.7 Å². The fourth-order valence-electron chi connectivity index (χ4n) is 3.47. The highest BCUT2D eigenvalue weighted by molar-refractivity contribution is 6.30. The largest absolute Gasteiger partial charge is 0.484 e. The standard InChI is InChI=1S/C27H28ClFN2O3/c1-2-16-30-27(33)25(17-20-6-4-3-5-7-20)31(18-21-8-12-23(29)13-9-21)26(32)19-34-24-14-10-22(28)11-15-24/h3-15,25H,2,16-19H2,1H3,(H,30,33)/t25-/m0/s1. The number of carbonyl (C=O) groups is 2. The van der Waals surface area contributed by atoms with Crippen LogP contribution in [-0.4, -0.2) is 35.9 Å². The van der Waals surface area contributed by atoms with Gasteiger partial charge >= 0.3 is 0 Å². The third-order valence-electron chi connectivity index (χ3n) is 5.26. The highest BCUT2D eigenvalue weighted by Gasteiger charge is 2.30. The van der Waals surface area contributed by atoms with Crippen molar-refractivity contribution in [3.63, 3.8) is 0 Å². The molecule has 0 aliphatic carbocycles. The van der Waals surface area contributed by atoms with Gasteiger partial charge in [0.2, 0.25) is 5.91 Å². The van der Waals surface area contributed by atoms with Gasteiger partial charge in [-0.05, 0) is 53.9 Å². The van der Waals surface area contributed by atoms with E-state index in [0.717, 1.165) is 12.0 Å². The number of benzene rings is 3. The molecule has 0 aromatic heterocycles. The van der Waals surface area contributed by atoms with Crippen molar-refractivity contribution in [1.82, 2.24) is 10.2 Å². The lowest BCUT2D eigenvalue weighted by Crippen LogP contribution is -2.51. The summed E-state index contributed by atoms with van der Waals surface area (Å²) in [6.07, 6.45) is 1.11. The highest BCUT2D eigenvalue weighted by atomic mass is 35.5. The van der Waals surface area contributed by atoms with Crippen LogP contribution in [0.15, 0.2) is 78.9 Å². The van der Waals surface area contributed by atoms with E-state index in [2.05, 4.69) is 5.32 Å². The van der Waals surface area contributed by atoms with Crippen LogP contribution in [0.5, 0.6) is 5.75 Å². The van der Waals surface area contributed by atoms with Gasteiger partial charge in [0.15, 0.2) is 6.61 Å². The van der Waals surface area contributed by atoms with Crippen molar-refractivity contribution in [3.05, 3.63) is 101 Å². The molecule has 1 N–H and O–H groups in total. The molecule has 0 fully saturated rings. The number of carbonyl (C=O) groups excluding carboxylic acids is 2. The van der Waals surface area contributed by atoms with Gasteiger partial charge in [-0.25, -0.2) is 4.39 Å². The van der Waals surface area contributed by atoms with E-state index in [1.165, 1.54) is 17.0 Å². The molecule has 3 aromatic rings. The number of nitrogens with zero attached hydrogens (tertiary/aromatic N) is 1. The van der Waals surface area contributed by atoms with Crippen LogP contribution in [-0.2, 0) is 22.6 Å². The van der Waals surface area contributed by atoms with E-state index < -0.39 is 6.04 Å². The van der Waals surface area contributed by atoms with Crippen LogP contribution in [0.1, 0.15) is 24.5 Å². The van der Waals surface area contributed by atoms with Crippen molar-refractivity contribution >= 4 is 23.4 Å². The topological polar surface area (TPSA) is 58.6 Å². The molecule has 0 radical (unpaired) electrons. The van der Waals surface area contributed by atoms with Crippen molar-refractivity contribution in [1.29, 1.82) is 0 Å². The van der Waals surface area contributed by atoms with E-state index in [1.807, 2.05) is 37.3 Å². The maximum Gasteiger partial charge on any atom is 0.261 e. The normalized spacial score (nSPS) is 11.5. The smallest absolute Gasteiger partial charge is 0.261 e. The van der Waals surface area contributed by atoms with Crippen LogP contribution in [0, 0.1) is 5.82 Å². The lowest BCUT2D eigenvalue weighted by Gasteiger charge is -2.31. The molecule has 0 saturated carbocycles. The molecule has 5 nitrogen and oxygen atoms in total. The summed E-state index contributed by atoms with van der Waals surface area (Å²) in [6, 6.07) is 21.4. The van der Waals surface area contributed by atoms with Crippen LogP contribution in [0.2, 0.25) is 5.02 Å². The maximum atomic E-state index is 13.5. The molecule has 178 valence electrons. The summed E-state index contributed by atoms with van der Waals surface area (Å²) in [5.41, 5.74) is 1.64. The highest BCUT2D eigenvalue weighted by Crippen LogP contribution is 2.18. The first-order chi connectivity index (χ1) is 16.5. The number of amides is 2. The van der Waals surface area contributed by atoms with Crippen LogP contribution >= 0.6 is 11.6 Å².